The Balaban J connectivity index is 2.03. The van der Waals surface area contributed by atoms with Gasteiger partial charge in [-0.05, 0) is 30.9 Å². The third-order valence-corrected chi connectivity index (χ3v) is 2.88. The van der Waals surface area contributed by atoms with E-state index in [-0.39, 0.29) is 11.9 Å². The summed E-state index contributed by atoms with van der Waals surface area (Å²) < 4.78 is 0. The molecule has 1 unspecified atom stereocenters. The van der Waals surface area contributed by atoms with Gasteiger partial charge in [-0.1, -0.05) is 12.2 Å². The zero-order valence-corrected chi connectivity index (χ0v) is 9.54. The van der Waals surface area contributed by atoms with Crippen LogP contribution in [0.3, 0.4) is 0 Å². The number of nitrogens with one attached hydrogen (secondary N) is 1. The SMILES string of the molecule is NC(=S)C(NC(=O)c1ccncc1)C1CC1. The summed E-state index contributed by atoms with van der Waals surface area (Å²) in [5.74, 6) is 0.274. The van der Waals surface area contributed by atoms with Gasteiger partial charge in [0.1, 0.15) is 0 Å². The first-order chi connectivity index (χ1) is 7.68. The first kappa shape index (κ1) is 11.0. The molecule has 1 heterocycles. The van der Waals surface area contributed by atoms with Crippen LogP contribution in [0.2, 0.25) is 0 Å². The summed E-state index contributed by atoms with van der Waals surface area (Å²) in [5, 5.41) is 2.86. The van der Waals surface area contributed by atoms with Crippen molar-refractivity contribution in [2.24, 2.45) is 11.7 Å². The molecule has 16 heavy (non-hydrogen) atoms. The minimum absolute atomic E-state index is 0.146. The van der Waals surface area contributed by atoms with Crippen molar-refractivity contribution in [1.82, 2.24) is 10.3 Å². The molecule has 1 aromatic rings. The normalized spacial score (nSPS) is 16.5. The molecule has 1 aliphatic carbocycles. The van der Waals surface area contributed by atoms with E-state index in [4.69, 9.17) is 18.0 Å². The van der Waals surface area contributed by atoms with Gasteiger partial charge < -0.3 is 11.1 Å². The van der Waals surface area contributed by atoms with Gasteiger partial charge >= 0.3 is 0 Å². The molecule has 1 atom stereocenters. The maximum Gasteiger partial charge on any atom is 0.251 e. The number of rotatable bonds is 4. The van der Waals surface area contributed by atoms with Crippen LogP contribution in [0.4, 0.5) is 0 Å². The number of hydrogen-bond donors (Lipinski definition) is 2. The Morgan fingerprint density at radius 2 is 2.12 bits per heavy atom. The molecular formula is C11H13N3OS. The van der Waals surface area contributed by atoms with E-state index < -0.39 is 0 Å². The second kappa shape index (κ2) is 4.57. The monoisotopic (exact) mass is 235 g/mol. The first-order valence-electron chi connectivity index (χ1n) is 5.18. The molecule has 0 bridgehead atoms. The Morgan fingerprint density at radius 3 is 2.62 bits per heavy atom. The molecule has 84 valence electrons. The molecule has 3 N–H and O–H groups in total. The summed E-state index contributed by atoms with van der Waals surface area (Å²) >= 11 is 4.95. The Bertz CT molecular complexity index is 403. The van der Waals surface area contributed by atoms with E-state index >= 15 is 0 Å². The molecule has 4 nitrogen and oxygen atoms in total. The van der Waals surface area contributed by atoms with E-state index in [1.54, 1.807) is 24.5 Å². The smallest absolute Gasteiger partial charge is 0.251 e. The van der Waals surface area contributed by atoms with Crippen LogP contribution in [0, 0.1) is 5.92 Å². The third-order valence-electron chi connectivity index (χ3n) is 2.63. The molecule has 2 rings (SSSR count). The molecule has 0 radical (unpaired) electrons. The van der Waals surface area contributed by atoms with Gasteiger partial charge in [0.05, 0.1) is 11.0 Å². The summed E-state index contributed by atoms with van der Waals surface area (Å²) in [6.07, 6.45) is 5.33. The van der Waals surface area contributed by atoms with Crippen molar-refractivity contribution in [3.05, 3.63) is 30.1 Å². The first-order valence-corrected chi connectivity index (χ1v) is 5.59. The molecule has 1 aromatic heterocycles. The Labute approximate surface area is 99.2 Å². The third kappa shape index (κ3) is 2.55. The molecular weight excluding hydrogens is 222 g/mol. The highest BCUT2D eigenvalue weighted by Crippen LogP contribution is 2.32. The predicted molar refractivity (Wildman–Crippen MR) is 65.0 cm³/mol. The van der Waals surface area contributed by atoms with Crippen LogP contribution in [0.15, 0.2) is 24.5 Å². The fourth-order valence-electron chi connectivity index (χ4n) is 1.58. The molecule has 0 aliphatic heterocycles. The molecule has 0 saturated heterocycles. The van der Waals surface area contributed by atoms with Crippen molar-refractivity contribution in [3.63, 3.8) is 0 Å². The van der Waals surface area contributed by atoms with Gasteiger partial charge in [-0.3, -0.25) is 9.78 Å². The van der Waals surface area contributed by atoms with Gasteiger partial charge in [-0.15, -0.1) is 0 Å². The molecule has 1 fully saturated rings. The van der Waals surface area contributed by atoms with Gasteiger partial charge in [-0.25, -0.2) is 0 Å². The molecule has 1 amide bonds. The maximum atomic E-state index is 11.8. The van der Waals surface area contributed by atoms with Crippen molar-refractivity contribution in [2.45, 2.75) is 18.9 Å². The van der Waals surface area contributed by atoms with E-state index in [0.717, 1.165) is 12.8 Å². The minimum Gasteiger partial charge on any atom is -0.392 e. The second-order valence-corrected chi connectivity index (χ2v) is 4.40. The number of carbonyl (C=O) groups excluding carboxylic acids is 1. The predicted octanol–water partition coefficient (Wildman–Crippen LogP) is 0.876. The number of amides is 1. The van der Waals surface area contributed by atoms with Crippen molar-refractivity contribution in [3.8, 4) is 0 Å². The lowest BCUT2D eigenvalue weighted by Crippen LogP contribution is -2.45. The van der Waals surface area contributed by atoms with Crippen LogP contribution in [0.1, 0.15) is 23.2 Å². The van der Waals surface area contributed by atoms with E-state index in [1.165, 1.54) is 0 Å². The number of thiocarbonyl (C=S) groups is 1. The topological polar surface area (TPSA) is 68.0 Å². The van der Waals surface area contributed by atoms with Crippen molar-refractivity contribution < 1.29 is 4.79 Å². The van der Waals surface area contributed by atoms with E-state index in [0.29, 0.717) is 16.5 Å². The van der Waals surface area contributed by atoms with E-state index in [1.807, 2.05) is 0 Å². The largest absolute Gasteiger partial charge is 0.392 e. The quantitative estimate of drug-likeness (QED) is 0.760. The fourth-order valence-corrected chi connectivity index (χ4v) is 1.83. The van der Waals surface area contributed by atoms with Crippen LogP contribution < -0.4 is 11.1 Å². The van der Waals surface area contributed by atoms with Gasteiger partial charge in [0.25, 0.3) is 5.91 Å². The Morgan fingerprint density at radius 1 is 1.50 bits per heavy atom. The summed E-state index contributed by atoms with van der Waals surface area (Å²) in [6.45, 7) is 0. The molecule has 1 saturated carbocycles. The number of nitrogens with two attached hydrogens (primary N) is 1. The summed E-state index contributed by atoms with van der Waals surface area (Å²) in [7, 11) is 0. The van der Waals surface area contributed by atoms with Gasteiger partial charge in [-0.2, -0.15) is 0 Å². The molecule has 1 aliphatic rings. The fraction of sp³-hybridized carbons (Fsp3) is 0.364. The van der Waals surface area contributed by atoms with Crippen LogP contribution >= 0.6 is 12.2 Å². The number of carbonyl (C=O) groups is 1. The van der Waals surface area contributed by atoms with Crippen molar-refractivity contribution in [1.29, 1.82) is 0 Å². The zero-order chi connectivity index (χ0) is 11.5. The highest BCUT2D eigenvalue weighted by molar-refractivity contribution is 7.80. The van der Waals surface area contributed by atoms with E-state index in [9.17, 15) is 4.79 Å². The summed E-state index contributed by atoms with van der Waals surface area (Å²) in [6, 6.07) is 3.16. The van der Waals surface area contributed by atoms with Crippen molar-refractivity contribution >= 4 is 23.1 Å². The van der Waals surface area contributed by atoms with Crippen LogP contribution in [0.25, 0.3) is 0 Å². The molecule has 0 spiro atoms. The standard InChI is InChI=1S/C11H13N3OS/c12-10(16)9(7-1-2-7)14-11(15)8-3-5-13-6-4-8/h3-7,9H,1-2H2,(H2,12,16)(H,14,15). The van der Waals surface area contributed by atoms with Crippen LogP contribution in [0.5, 0.6) is 0 Å². The maximum absolute atomic E-state index is 11.8. The lowest BCUT2D eigenvalue weighted by atomic mass is 10.1. The average Bonchev–Trinajstić information content (AvgIpc) is 3.10. The summed E-state index contributed by atoms with van der Waals surface area (Å²) in [5.41, 5.74) is 6.19. The van der Waals surface area contributed by atoms with Crippen LogP contribution in [-0.4, -0.2) is 21.9 Å². The van der Waals surface area contributed by atoms with Crippen LogP contribution in [-0.2, 0) is 0 Å². The molecule has 5 heteroatoms. The Hall–Kier alpha value is -1.49. The lowest BCUT2D eigenvalue weighted by Gasteiger charge is -2.16. The molecule has 0 aromatic carbocycles. The van der Waals surface area contributed by atoms with Crippen molar-refractivity contribution in [2.75, 3.05) is 0 Å². The van der Waals surface area contributed by atoms with Gasteiger partial charge in [0.2, 0.25) is 0 Å². The number of nitrogens with zero attached hydrogens (tertiary/aromatic N) is 1. The number of hydrogen-bond acceptors (Lipinski definition) is 3. The second-order valence-electron chi connectivity index (χ2n) is 3.93. The highest BCUT2D eigenvalue weighted by atomic mass is 32.1. The zero-order valence-electron chi connectivity index (χ0n) is 8.72. The average molecular weight is 235 g/mol. The Kier molecular flexibility index (Phi) is 3.14. The van der Waals surface area contributed by atoms with E-state index in [2.05, 4.69) is 10.3 Å². The highest BCUT2D eigenvalue weighted by Gasteiger charge is 2.34. The lowest BCUT2D eigenvalue weighted by molar-refractivity contribution is 0.0943. The minimum atomic E-state index is -0.171. The summed E-state index contributed by atoms with van der Waals surface area (Å²) in [4.78, 5) is 16.1. The number of aromatic nitrogens is 1. The van der Waals surface area contributed by atoms with Gasteiger partial charge in [0.15, 0.2) is 0 Å². The van der Waals surface area contributed by atoms with Gasteiger partial charge in [0, 0.05) is 18.0 Å². The number of pyridine rings is 1.